The minimum absolute atomic E-state index is 0.181. The summed E-state index contributed by atoms with van der Waals surface area (Å²) in [7, 11) is 6.56. The summed E-state index contributed by atoms with van der Waals surface area (Å²) in [5, 5.41) is 0. The summed E-state index contributed by atoms with van der Waals surface area (Å²) in [5.74, 6) is 0. The highest BCUT2D eigenvalue weighted by molar-refractivity contribution is 9.11. The maximum absolute atomic E-state index is 6.56. The summed E-state index contributed by atoms with van der Waals surface area (Å²) in [6.45, 7) is 15.6. The van der Waals surface area contributed by atoms with Crippen LogP contribution in [0.25, 0.3) is 0 Å². The molecule has 0 unspecified atom stereocenters. The highest BCUT2D eigenvalue weighted by Crippen LogP contribution is 2.31. The molecular weight excluding hydrogens is 494 g/mol. The third-order valence-electron chi connectivity index (χ3n) is 6.93. The van der Waals surface area contributed by atoms with Gasteiger partial charge in [-0.3, -0.25) is 0 Å². The predicted octanol–water partition coefficient (Wildman–Crippen LogP) is 4.58. The summed E-state index contributed by atoms with van der Waals surface area (Å²) < 4.78 is 2.46. The molecule has 0 N–H and O–H groups in total. The lowest BCUT2D eigenvalue weighted by Gasteiger charge is -2.34. The van der Waals surface area contributed by atoms with Crippen LogP contribution < -0.4 is 21.9 Å². The van der Waals surface area contributed by atoms with Gasteiger partial charge in [0.1, 0.15) is 7.85 Å². The van der Waals surface area contributed by atoms with E-state index in [9.17, 15) is 0 Å². The zero-order valence-electron chi connectivity index (χ0n) is 18.8. The summed E-state index contributed by atoms with van der Waals surface area (Å²) >= 11 is 7.80. The molecule has 3 aromatic rings. The Kier molecular flexibility index (Phi) is 5.64. The Balaban J connectivity index is 2.19. The maximum Gasteiger partial charge on any atom is 0.243 e. The molecule has 0 saturated carbocycles. The van der Waals surface area contributed by atoms with Crippen LogP contribution in [0.1, 0.15) is 50.1 Å². The van der Waals surface area contributed by atoms with Crippen molar-refractivity contribution in [1.82, 2.24) is 0 Å². The van der Waals surface area contributed by atoms with Crippen LogP contribution in [0.4, 0.5) is 0 Å². The molecule has 1 aliphatic rings. The molecule has 0 aromatic heterocycles. The van der Waals surface area contributed by atoms with Gasteiger partial charge in [-0.05, 0) is 82.7 Å². The van der Waals surface area contributed by atoms with Crippen molar-refractivity contribution >= 4 is 68.3 Å². The Labute approximate surface area is 199 Å². The second-order valence-electron chi connectivity index (χ2n) is 8.99. The average Bonchev–Trinajstić information content (AvgIpc) is 2.68. The van der Waals surface area contributed by atoms with Gasteiger partial charge in [0.05, 0.1) is 0 Å². The average molecular weight is 520 g/mol. The smallest absolute Gasteiger partial charge is 0.0914 e. The van der Waals surface area contributed by atoms with Crippen LogP contribution in [0, 0.1) is 48.5 Å². The highest BCUT2D eigenvalue weighted by Gasteiger charge is 2.37. The van der Waals surface area contributed by atoms with Crippen molar-refractivity contribution in [2.24, 2.45) is 0 Å². The lowest BCUT2D eigenvalue weighted by Crippen LogP contribution is -2.61. The molecule has 0 aliphatic carbocycles. The van der Waals surface area contributed by atoms with Gasteiger partial charge in [0.15, 0.2) is 0 Å². The molecule has 150 valence electrons. The van der Waals surface area contributed by atoms with Crippen molar-refractivity contribution < 1.29 is 0 Å². The van der Waals surface area contributed by atoms with Gasteiger partial charge >= 0.3 is 0 Å². The van der Waals surface area contributed by atoms with Gasteiger partial charge in [-0.25, -0.2) is 0 Å². The quantitative estimate of drug-likeness (QED) is 0.323. The van der Waals surface area contributed by atoms with E-state index in [1.54, 1.807) is 0 Å². The minimum Gasteiger partial charge on any atom is -0.0914 e. The Morgan fingerprint density at radius 3 is 1.90 bits per heavy atom. The van der Waals surface area contributed by atoms with Crippen molar-refractivity contribution in [3.8, 4) is 0 Å². The molecule has 0 atom stereocenters. The summed E-state index contributed by atoms with van der Waals surface area (Å²) in [5.41, 5.74) is 17.0. The van der Waals surface area contributed by atoms with E-state index < -0.39 is 0 Å². The van der Waals surface area contributed by atoms with E-state index in [-0.39, 0.29) is 6.71 Å². The van der Waals surface area contributed by atoms with E-state index >= 15 is 0 Å². The predicted molar refractivity (Wildman–Crippen MR) is 141 cm³/mol. The number of rotatable bonds is 1. The molecule has 1 aliphatic heterocycles. The molecule has 0 bridgehead atoms. The highest BCUT2D eigenvalue weighted by atomic mass is 79.9. The fourth-order valence-electron chi connectivity index (χ4n) is 5.52. The second kappa shape index (κ2) is 7.71. The Morgan fingerprint density at radius 2 is 1.23 bits per heavy atom. The molecule has 0 nitrogen and oxygen atoms in total. The second-order valence-corrected chi connectivity index (χ2v) is 10.6. The lowest BCUT2D eigenvalue weighted by atomic mass is 9.31. The molecule has 4 heteroatoms. The number of halogens is 2. The lowest BCUT2D eigenvalue weighted by molar-refractivity contribution is 1.14. The van der Waals surface area contributed by atoms with Crippen molar-refractivity contribution in [2.75, 3.05) is 0 Å². The minimum atomic E-state index is 0.181. The van der Waals surface area contributed by atoms with Gasteiger partial charge < -0.3 is 0 Å². The molecule has 30 heavy (non-hydrogen) atoms. The third-order valence-corrected chi connectivity index (χ3v) is 9.26. The number of benzene rings is 3. The Bertz CT molecular complexity index is 1190. The Hall–Kier alpha value is -1.25. The van der Waals surface area contributed by atoms with Crippen molar-refractivity contribution in [2.45, 2.75) is 54.9 Å². The van der Waals surface area contributed by atoms with Crippen LogP contribution in [-0.4, -0.2) is 14.6 Å². The molecule has 0 saturated heterocycles. The molecular formula is C26H26B2Br2. The third kappa shape index (κ3) is 3.17. The number of aryl methyl sites for hydroxylation is 5. The van der Waals surface area contributed by atoms with Crippen molar-refractivity contribution in [3.63, 3.8) is 0 Å². The van der Waals surface area contributed by atoms with Gasteiger partial charge in [0.25, 0.3) is 0 Å². The zero-order valence-corrected chi connectivity index (χ0v) is 22.0. The molecule has 1 heterocycles. The monoisotopic (exact) mass is 518 g/mol. The maximum atomic E-state index is 6.56. The van der Waals surface area contributed by atoms with Crippen molar-refractivity contribution in [3.05, 3.63) is 77.2 Å². The standard InChI is InChI=1S/C26H26B2Br2/c1-12-8-13(2)22(17(6)21(12)27)28-23-14(3)9-15(4)26(30)20(23)11-19-10-16(5)25(29)18(7)24(19)28/h8-10H,11H2,1-7H3. The molecule has 4 rings (SSSR count). The van der Waals surface area contributed by atoms with E-state index in [1.165, 1.54) is 69.8 Å². The van der Waals surface area contributed by atoms with Crippen LogP contribution in [0.2, 0.25) is 0 Å². The van der Waals surface area contributed by atoms with Crippen molar-refractivity contribution in [1.29, 1.82) is 0 Å². The van der Waals surface area contributed by atoms with Gasteiger partial charge in [-0.1, -0.05) is 94.2 Å². The number of hydrogen-bond donors (Lipinski definition) is 0. The van der Waals surface area contributed by atoms with E-state index in [1.807, 2.05) is 0 Å². The summed E-state index contributed by atoms with van der Waals surface area (Å²) in [6, 6.07) is 6.94. The molecule has 3 aromatic carbocycles. The van der Waals surface area contributed by atoms with E-state index in [4.69, 9.17) is 7.85 Å². The first-order chi connectivity index (χ1) is 14.0. The van der Waals surface area contributed by atoms with E-state index in [0.717, 1.165) is 17.4 Å². The largest absolute Gasteiger partial charge is 0.243 e. The topological polar surface area (TPSA) is 0 Å². The van der Waals surface area contributed by atoms with Crippen LogP contribution in [0.3, 0.4) is 0 Å². The number of fused-ring (bicyclic) bond motifs is 2. The SMILES string of the molecule is [B]c1c(C)cc(C)c(B2c3c(cc(C)c(Br)c3C)Cc3c(Br)c(C)cc(C)c32)c1C. The molecule has 0 spiro atoms. The summed E-state index contributed by atoms with van der Waals surface area (Å²) in [4.78, 5) is 0. The van der Waals surface area contributed by atoms with Gasteiger partial charge in [-0.15, -0.1) is 0 Å². The fourth-order valence-corrected chi connectivity index (χ4v) is 6.32. The summed E-state index contributed by atoms with van der Waals surface area (Å²) in [6.07, 6.45) is 0.957. The number of hydrogen-bond acceptors (Lipinski definition) is 0. The van der Waals surface area contributed by atoms with Crippen LogP contribution in [0.5, 0.6) is 0 Å². The van der Waals surface area contributed by atoms with E-state index in [2.05, 4.69) is 98.5 Å². The fraction of sp³-hybridized carbons (Fsp3) is 0.308. The first kappa shape index (κ1) is 22.0. The van der Waals surface area contributed by atoms with Crippen LogP contribution in [0.15, 0.2) is 27.1 Å². The van der Waals surface area contributed by atoms with Crippen LogP contribution in [-0.2, 0) is 6.42 Å². The van der Waals surface area contributed by atoms with Gasteiger partial charge in [0, 0.05) is 8.95 Å². The van der Waals surface area contributed by atoms with Crippen LogP contribution >= 0.6 is 31.9 Å². The van der Waals surface area contributed by atoms with E-state index in [0.29, 0.717) is 0 Å². The normalized spacial score (nSPS) is 12.8. The molecule has 0 amide bonds. The molecule has 2 radical (unpaired) electrons. The van der Waals surface area contributed by atoms with Gasteiger partial charge in [-0.2, -0.15) is 0 Å². The molecule has 0 fully saturated rings. The van der Waals surface area contributed by atoms with Gasteiger partial charge in [0.2, 0.25) is 6.71 Å². The first-order valence-corrected chi connectivity index (χ1v) is 12.1. The first-order valence-electron chi connectivity index (χ1n) is 10.5. The zero-order chi connectivity index (χ0) is 22.1. The Morgan fingerprint density at radius 1 is 0.667 bits per heavy atom.